The van der Waals surface area contributed by atoms with Gasteiger partial charge in [-0.25, -0.2) is 18.1 Å². The second-order valence-electron chi connectivity index (χ2n) is 5.04. The number of hydrogen-bond donors (Lipinski definition) is 2. The van der Waals surface area contributed by atoms with Gasteiger partial charge in [0.2, 0.25) is 10.0 Å². The molecule has 0 spiro atoms. The fourth-order valence-electron chi connectivity index (χ4n) is 2.30. The van der Waals surface area contributed by atoms with Gasteiger partial charge < -0.3 is 5.11 Å². The van der Waals surface area contributed by atoms with Crippen LogP contribution in [-0.2, 0) is 21.2 Å². The topological polar surface area (TPSA) is 96.4 Å². The Hall–Kier alpha value is -1.25. The second-order valence-corrected chi connectivity index (χ2v) is 7.85. The maximum absolute atomic E-state index is 12.1. The molecule has 2 N–H and O–H groups in total. The molecule has 0 unspecified atom stereocenters. The van der Waals surface area contributed by atoms with Gasteiger partial charge in [-0.05, 0) is 26.2 Å². The highest BCUT2D eigenvalue weighted by Gasteiger charge is 2.31. The maximum atomic E-state index is 12.1. The van der Waals surface area contributed by atoms with E-state index in [9.17, 15) is 13.2 Å². The minimum absolute atomic E-state index is 0.0530. The van der Waals surface area contributed by atoms with Gasteiger partial charge in [0.1, 0.15) is 0 Å². The number of thiazole rings is 1. The Morgan fingerprint density at radius 1 is 1.48 bits per heavy atom. The second kappa shape index (κ2) is 6.67. The molecular weight excluding hydrogens is 312 g/mol. The molecule has 21 heavy (non-hydrogen) atoms. The van der Waals surface area contributed by atoms with E-state index in [1.54, 1.807) is 11.6 Å². The first-order valence-electron chi connectivity index (χ1n) is 6.66. The van der Waals surface area contributed by atoms with Crippen molar-refractivity contribution in [2.75, 3.05) is 5.75 Å². The van der Waals surface area contributed by atoms with Gasteiger partial charge in [-0.1, -0.05) is 12.2 Å². The van der Waals surface area contributed by atoms with Crippen LogP contribution in [0.1, 0.15) is 23.4 Å². The Labute approximate surface area is 128 Å². The fourth-order valence-corrected chi connectivity index (χ4v) is 4.52. The van der Waals surface area contributed by atoms with Crippen LogP contribution in [0.4, 0.5) is 0 Å². The van der Waals surface area contributed by atoms with Crippen LogP contribution in [0.15, 0.2) is 17.7 Å². The Morgan fingerprint density at radius 3 is 2.81 bits per heavy atom. The van der Waals surface area contributed by atoms with E-state index < -0.39 is 28.0 Å². The Morgan fingerprint density at radius 2 is 2.19 bits per heavy atom. The largest absolute Gasteiger partial charge is 0.481 e. The summed E-state index contributed by atoms with van der Waals surface area (Å²) >= 11 is 1.43. The third-order valence-electron chi connectivity index (χ3n) is 3.52. The minimum atomic E-state index is -3.51. The maximum Gasteiger partial charge on any atom is 0.308 e. The van der Waals surface area contributed by atoms with Gasteiger partial charge in [0.25, 0.3) is 0 Å². The van der Waals surface area contributed by atoms with Crippen molar-refractivity contribution >= 4 is 27.3 Å². The highest BCUT2D eigenvalue weighted by atomic mass is 32.2. The molecule has 0 aromatic carbocycles. The van der Waals surface area contributed by atoms with Crippen LogP contribution in [0, 0.1) is 12.8 Å². The van der Waals surface area contributed by atoms with Crippen molar-refractivity contribution in [3.05, 3.63) is 28.2 Å². The number of nitrogens with zero attached hydrogens (tertiary/aromatic N) is 1. The van der Waals surface area contributed by atoms with Crippen molar-refractivity contribution in [1.29, 1.82) is 0 Å². The predicted molar refractivity (Wildman–Crippen MR) is 80.8 cm³/mol. The highest BCUT2D eigenvalue weighted by Crippen LogP contribution is 2.20. The van der Waals surface area contributed by atoms with Gasteiger partial charge in [-0.15, -0.1) is 11.3 Å². The molecule has 0 saturated carbocycles. The van der Waals surface area contributed by atoms with E-state index in [0.29, 0.717) is 19.3 Å². The van der Waals surface area contributed by atoms with Crippen molar-refractivity contribution < 1.29 is 18.3 Å². The summed E-state index contributed by atoms with van der Waals surface area (Å²) in [6.45, 7) is 1.85. The molecule has 0 radical (unpaired) electrons. The smallest absolute Gasteiger partial charge is 0.308 e. The lowest BCUT2D eigenvalue weighted by Gasteiger charge is -2.25. The number of carboxylic acid groups (broad SMARTS) is 1. The van der Waals surface area contributed by atoms with Crippen LogP contribution in [0.25, 0.3) is 0 Å². The zero-order chi connectivity index (χ0) is 15.5. The van der Waals surface area contributed by atoms with Crippen molar-refractivity contribution in [2.24, 2.45) is 5.92 Å². The van der Waals surface area contributed by atoms with Crippen LogP contribution >= 0.6 is 11.3 Å². The molecule has 1 aromatic heterocycles. The molecule has 0 bridgehead atoms. The molecule has 1 aliphatic rings. The highest BCUT2D eigenvalue weighted by molar-refractivity contribution is 7.89. The molecule has 2 rings (SSSR count). The van der Waals surface area contributed by atoms with E-state index in [0.717, 1.165) is 10.6 Å². The molecule has 0 amide bonds. The molecule has 0 fully saturated rings. The lowest BCUT2D eigenvalue weighted by Crippen LogP contribution is -2.45. The number of hydrogen-bond acceptors (Lipinski definition) is 5. The van der Waals surface area contributed by atoms with Gasteiger partial charge in [-0.3, -0.25) is 4.79 Å². The Bertz CT molecular complexity index is 636. The summed E-state index contributed by atoms with van der Waals surface area (Å²) in [5, 5.41) is 9.15. The summed E-state index contributed by atoms with van der Waals surface area (Å²) in [6, 6.07) is -0.569. The standard InChI is InChI=1S/C13H18N2O4S2/c1-9-12(20-8-14-9)6-7-21(18,19)15-11-5-3-2-4-10(11)13(16)17/h2-3,8,10-11,15H,4-7H2,1H3,(H,16,17)/t10-,11+/m0/s1. The molecule has 1 aromatic rings. The normalized spacial score (nSPS) is 22.3. The summed E-state index contributed by atoms with van der Waals surface area (Å²) in [4.78, 5) is 16.2. The molecule has 116 valence electrons. The molecule has 2 atom stereocenters. The molecule has 1 aliphatic carbocycles. The third-order valence-corrected chi connectivity index (χ3v) is 5.92. The Balaban J connectivity index is 1.98. The first-order chi connectivity index (χ1) is 9.89. The summed E-state index contributed by atoms with van der Waals surface area (Å²) in [5.41, 5.74) is 2.54. The molecular formula is C13H18N2O4S2. The summed E-state index contributed by atoms with van der Waals surface area (Å²) < 4.78 is 26.8. The van der Waals surface area contributed by atoms with Crippen molar-refractivity contribution in [3.63, 3.8) is 0 Å². The number of aromatic nitrogens is 1. The minimum Gasteiger partial charge on any atom is -0.481 e. The molecule has 0 saturated heterocycles. The average molecular weight is 330 g/mol. The van der Waals surface area contributed by atoms with E-state index in [4.69, 9.17) is 5.11 Å². The van der Waals surface area contributed by atoms with Gasteiger partial charge in [-0.2, -0.15) is 0 Å². The van der Waals surface area contributed by atoms with E-state index in [2.05, 4.69) is 9.71 Å². The van der Waals surface area contributed by atoms with Crippen molar-refractivity contribution in [2.45, 2.75) is 32.2 Å². The summed E-state index contributed by atoms with van der Waals surface area (Å²) in [7, 11) is -3.51. The van der Waals surface area contributed by atoms with Crippen molar-refractivity contribution in [1.82, 2.24) is 9.71 Å². The quantitative estimate of drug-likeness (QED) is 0.767. The number of carbonyl (C=O) groups is 1. The lowest BCUT2D eigenvalue weighted by molar-refractivity contribution is -0.142. The van der Waals surface area contributed by atoms with E-state index in [-0.39, 0.29) is 5.75 Å². The van der Waals surface area contributed by atoms with Crippen LogP contribution < -0.4 is 4.72 Å². The Kier molecular flexibility index (Phi) is 5.13. The van der Waals surface area contributed by atoms with E-state index in [1.807, 2.05) is 13.0 Å². The zero-order valence-corrected chi connectivity index (χ0v) is 13.3. The fraction of sp³-hybridized carbons (Fsp3) is 0.538. The van der Waals surface area contributed by atoms with Crippen LogP contribution in [0.2, 0.25) is 0 Å². The number of rotatable bonds is 6. The number of sulfonamides is 1. The monoisotopic (exact) mass is 330 g/mol. The van der Waals surface area contributed by atoms with Crippen molar-refractivity contribution in [3.8, 4) is 0 Å². The first-order valence-corrected chi connectivity index (χ1v) is 9.19. The summed E-state index contributed by atoms with van der Waals surface area (Å²) in [5.74, 6) is -1.72. The van der Waals surface area contributed by atoms with Gasteiger partial charge >= 0.3 is 5.97 Å². The lowest BCUT2D eigenvalue weighted by atomic mass is 9.90. The average Bonchev–Trinajstić information content (AvgIpc) is 2.82. The SMILES string of the molecule is Cc1ncsc1CCS(=O)(=O)N[C@@H]1CC=CC[C@@H]1C(=O)O. The molecule has 1 heterocycles. The number of aryl methyl sites for hydroxylation is 2. The van der Waals surface area contributed by atoms with Crippen LogP contribution in [0.3, 0.4) is 0 Å². The molecule has 0 aliphatic heterocycles. The number of carboxylic acids is 1. The number of allylic oxidation sites excluding steroid dienone is 1. The van der Waals surface area contributed by atoms with E-state index in [1.165, 1.54) is 11.3 Å². The van der Waals surface area contributed by atoms with Crippen LogP contribution in [0.5, 0.6) is 0 Å². The first kappa shape index (κ1) is 16.1. The van der Waals surface area contributed by atoms with Gasteiger partial charge in [0.15, 0.2) is 0 Å². The predicted octanol–water partition coefficient (Wildman–Crippen LogP) is 1.33. The van der Waals surface area contributed by atoms with Gasteiger partial charge in [0.05, 0.1) is 22.9 Å². The number of nitrogens with one attached hydrogen (secondary N) is 1. The van der Waals surface area contributed by atoms with Crippen LogP contribution in [-0.4, -0.2) is 36.3 Å². The van der Waals surface area contributed by atoms with Gasteiger partial charge in [0, 0.05) is 10.9 Å². The zero-order valence-electron chi connectivity index (χ0n) is 11.7. The third kappa shape index (κ3) is 4.36. The molecule has 6 nitrogen and oxygen atoms in total. The van der Waals surface area contributed by atoms with E-state index >= 15 is 0 Å². The number of aliphatic carboxylic acids is 1. The molecule has 8 heteroatoms. The summed E-state index contributed by atoms with van der Waals surface area (Å²) in [6.07, 6.45) is 4.77.